The minimum Gasteiger partial charge on any atom is -0.0617 e. The van der Waals surface area contributed by atoms with Gasteiger partial charge in [0, 0.05) is 0 Å². The maximum Gasteiger partial charge on any atom is -0.0227 e. The van der Waals surface area contributed by atoms with Gasteiger partial charge in [-0.3, -0.25) is 0 Å². The van der Waals surface area contributed by atoms with E-state index in [2.05, 4.69) is 20.8 Å². The molecular weight excluding hydrogens is 156 g/mol. The van der Waals surface area contributed by atoms with Crippen LogP contribution in [0.5, 0.6) is 0 Å². The zero-order valence-corrected chi connectivity index (χ0v) is 9.01. The molecule has 1 spiro atoms. The van der Waals surface area contributed by atoms with Crippen LogP contribution in [0, 0.1) is 40.4 Å². The van der Waals surface area contributed by atoms with Crippen LogP contribution in [0.15, 0.2) is 0 Å². The fourth-order valence-corrected chi connectivity index (χ4v) is 6.57. The van der Waals surface area contributed by atoms with Crippen LogP contribution in [0.25, 0.3) is 0 Å². The van der Waals surface area contributed by atoms with E-state index in [1.807, 2.05) is 0 Å². The van der Waals surface area contributed by atoms with E-state index in [9.17, 15) is 0 Å². The third kappa shape index (κ3) is 0.444. The molecule has 7 unspecified atom stereocenters. The van der Waals surface area contributed by atoms with Crippen molar-refractivity contribution in [2.75, 3.05) is 0 Å². The highest BCUT2D eigenvalue weighted by Crippen LogP contribution is 2.86. The monoisotopic (exact) mass is 176 g/mol. The van der Waals surface area contributed by atoms with E-state index in [1.165, 1.54) is 0 Å². The molecule has 0 saturated heterocycles. The third-order valence-corrected chi connectivity index (χ3v) is 7.22. The summed E-state index contributed by atoms with van der Waals surface area (Å²) in [7, 11) is 0. The lowest BCUT2D eigenvalue weighted by Gasteiger charge is -2.63. The zero-order chi connectivity index (χ0) is 9.01. The molecule has 0 amide bonds. The molecule has 0 aromatic carbocycles. The highest BCUT2D eigenvalue weighted by Gasteiger charge is 2.79. The first-order chi connectivity index (χ1) is 6.10. The maximum absolute atomic E-state index is 2.61. The van der Waals surface area contributed by atoms with Gasteiger partial charge in [-0.25, -0.2) is 0 Å². The highest BCUT2D eigenvalue weighted by molar-refractivity contribution is 5.27. The standard InChI is InChI=1S/C13H20/c1-7-11-9-4-10-6-13(11,5-9)8(2)12(7,10)3/h7-11H,4-6H2,1-3H3. The molecule has 0 heteroatoms. The van der Waals surface area contributed by atoms with E-state index in [4.69, 9.17) is 0 Å². The largest absolute Gasteiger partial charge is 0.0617 e. The zero-order valence-electron chi connectivity index (χ0n) is 9.01. The Labute approximate surface area is 81.1 Å². The van der Waals surface area contributed by atoms with Gasteiger partial charge in [-0.05, 0) is 59.7 Å². The quantitative estimate of drug-likeness (QED) is 0.531. The number of hydrogen-bond donors (Lipinski definition) is 0. The minimum atomic E-state index is 0.748. The third-order valence-electron chi connectivity index (χ3n) is 7.22. The van der Waals surface area contributed by atoms with Crippen LogP contribution in [0.1, 0.15) is 40.0 Å². The molecule has 7 atom stereocenters. The van der Waals surface area contributed by atoms with Gasteiger partial charge in [-0.1, -0.05) is 20.8 Å². The molecule has 5 bridgehead atoms. The van der Waals surface area contributed by atoms with Crippen molar-refractivity contribution >= 4 is 0 Å². The Kier molecular flexibility index (Phi) is 0.907. The van der Waals surface area contributed by atoms with Crippen LogP contribution < -0.4 is 0 Å². The number of hydrogen-bond acceptors (Lipinski definition) is 0. The Morgan fingerprint density at radius 2 is 1.92 bits per heavy atom. The smallest absolute Gasteiger partial charge is 0.0227 e. The van der Waals surface area contributed by atoms with E-state index >= 15 is 0 Å². The van der Waals surface area contributed by atoms with Crippen LogP contribution in [0.2, 0.25) is 0 Å². The maximum atomic E-state index is 2.61. The van der Waals surface area contributed by atoms with Gasteiger partial charge in [0.1, 0.15) is 0 Å². The first-order valence-corrected chi connectivity index (χ1v) is 6.10. The van der Waals surface area contributed by atoms with Crippen molar-refractivity contribution in [2.24, 2.45) is 40.4 Å². The van der Waals surface area contributed by atoms with Gasteiger partial charge in [0.2, 0.25) is 0 Å². The Hall–Kier alpha value is 0. The van der Waals surface area contributed by atoms with Crippen LogP contribution in [-0.4, -0.2) is 0 Å². The highest BCUT2D eigenvalue weighted by atomic mass is 14.8. The predicted octanol–water partition coefficient (Wildman–Crippen LogP) is 3.32. The SMILES string of the molecule is CC1C2C3CC4CC2(C3)C(C)C41C. The normalized spacial score (nSPS) is 77.3. The second kappa shape index (κ2) is 1.61. The molecule has 13 heavy (non-hydrogen) atoms. The summed E-state index contributed by atoms with van der Waals surface area (Å²) in [5.74, 6) is 5.52. The summed E-state index contributed by atoms with van der Waals surface area (Å²) >= 11 is 0. The topological polar surface area (TPSA) is 0 Å². The average Bonchev–Trinajstić information content (AvgIpc) is 2.31. The minimum absolute atomic E-state index is 0.748. The second-order valence-electron chi connectivity index (χ2n) is 6.74. The van der Waals surface area contributed by atoms with Crippen LogP contribution in [-0.2, 0) is 0 Å². The fourth-order valence-electron chi connectivity index (χ4n) is 6.57. The molecule has 0 heterocycles. The van der Waals surface area contributed by atoms with Gasteiger partial charge in [-0.2, -0.15) is 0 Å². The summed E-state index contributed by atoms with van der Waals surface area (Å²) in [6.45, 7) is 7.73. The van der Waals surface area contributed by atoms with Gasteiger partial charge in [0.25, 0.3) is 0 Å². The van der Waals surface area contributed by atoms with Gasteiger partial charge >= 0.3 is 0 Å². The molecule has 0 aromatic rings. The second-order valence-corrected chi connectivity index (χ2v) is 6.74. The lowest BCUT2D eigenvalue weighted by molar-refractivity contribution is -0.144. The van der Waals surface area contributed by atoms with E-state index in [-0.39, 0.29) is 0 Å². The predicted molar refractivity (Wildman–Crippen MR) is 53.2 cm³/mol. The van der Waals surface area contributed by atoms with Gasteiger partial charge in [-0.15, -0.1) is 0 Å². The number of rotatable bonds is 0. The molecule has 0 N–H and O–H groups in total. The molecular formula is C13H20. The van der Waals surface area contributed by atoms with E-state index < -0.39 is 0 Å². The summed E-state index contributed by atoms with van der Waals surface area (Å²) in [5, 5.41) is 0. The van der Waals surface area contributed by atoms with Crippen LogP contribution in [0.4, 0.5) is 0 Å². The van der Waals surface area contributed by atoms with Crippen molar-refractivity contribution in [2.45, 2.75) is 40.0 Å². The Morgan fingerprint density at radius 1 is 1.15 bits per heavy atom. The summed E-state index contributed by atoms with van der Waals surface area (Å²) < 4.78 is 0. The van der Waals surface area contributed by atoms with Crippen molar-refractivity contribution in [1.82, 2.24) is 0 Å². The molecule has 6 fully saturated rings. The van der Waals surface area contributed by atoms with Gasteiger partial charge in [0.05, 0.1) is 0 Å². The van der Waals surface area contributed by atoms with Gasteiger partial charge < -0.3 is 0 Å². The van der Waals surface area contributed by atoms with Crippen LogP contribution >= 0.6 is 0 Å². The molecule has 6 aliphatic rings. The first kappa shape index (κ1) is 7.31. The van der Waals surface area contributed by atoms with Crippen LogP contribution in [0.3, 0.4) is 0 Å². The first-order valence-electron chi connectivity index (χ1n) is 6.10. The van der Waals surface area contributed by atoms with Crippen molar-refractivity contribution in [3.8, 4) is 0 Å². The summed E-state index contributed by atoms with van der Waals surface area (Å²) in [5.41, 5.74) is 1.61. The van der Waals surface area contributed by atoms with E-state index in [0.29, 0.717) is 0 Å². The van der Waals surface area contributed by atoms with Gasteiger partial charge in [0.15, 0.2) is 0 Å². The molecule has 0 nitrogen and oxygen atoms in total. The Balaban J connectivity index is 1.98. The van der Waals surface area contributed by atoms with Crippen molar-refractivity contribution in [1.29, 1.82) is 0 Å². The van der Waals surface area contributed by atoms with E-state index in [1.54, 1.807) is 19.3 Å². The van der Waals surface area contributed by atoms with Crippen molar-refractivity contribution in [3.05, 3.63) is 0 Å². The lowest BCUT2D eigenvalue weighted by Crippen LogP contribution is -2.56. The summed E-state index contributed by atoms with van der Waals surface area (Å²) in [6.07, 6.45) is 4.81. The molecule has 6 saturated carbocycles. The molecule has 6 aliphatic carbocycles. The molecule has 72 valence electrons. The molecule has 6 rings (SSSR count). The average molecular weight is 176 g/mol. The fraction of sp³-hybridized carbons (Fsp3) is 1.00. The summed E-state index contributed by atoms with van der Waals surface area (Å²) in [4.78, 5) is 0. The molecule has 0 aliphatic heterocycles. The molecule has 0 aromatic heterocycles. The summed E-state index contributed by atoms with van der Waals surface area (Å²) in [6, 6.07) is 0. The van der Waals surface area contributed by atoms with E-state index in [0.717, 1.165) is 40.4 Å². The Bertz CT molecular complexity index is 284. The lowest BCUT2D eigenvalue weighted by atomic mass is 9.42. The Morgan fingerprint density at radius 3 is 2.46 bits per heavy atom. The van der Waals surface area contributed by atoms with Crippen molar-refractivity contribution in [3.63, 3.8) is 0 Å². The van der Waals surface area contributed by atoms with Crippen molar-refractivity contribution < 1.29 is 0 Å². The molecule has 0 radical (unpaired) electrons.